The summed E-state index contributed by atoms with van der Waals surface area (Å²) < 4.78 is 0. The van der Waals surface area contributed by atoms with Crippen molar-refractivity contribution >= 4 is 11.6 Å². The largest absolute Gasteiger partial charge is 0.315 e. The summed E-state index contributed by atoms with van der Waals surface area (Å²) in [6.07, 6.45) is 3.91. The van der Waals surface area contributed by atoms with Crippen molar-refractivity contribution in [3.63, 3.8) is 0 Å². The molecule has 0 saturated carbocycles. The van der Waals surface area contributed by atoms with Crippen LogP contribution in [0.25, 0.3) is 0 Å². The highest BCUT2D eigenvalue weighted by Gasteiger charge is 2.16. The van der Waals surface area contributed by atoms with Gasteiger partial charge in [0.2, 0.25) is 5.91 Å². The molecule has 0 spiro atoms. The number of aryl methyl sites for hydroxylation is 2. The van der Waals surface area contributed by atoms with Gasteiger partial charge in [-0.2, -0.15) is 0 Å². The molecule has 15 heavy (non-hydrogen) atoms. The minimum absolute atomic E-state index is 0.236. The topological polar surface area (TPSA) is 20.3 Å². The van der Waals surface area contributed by atoms with Crippen LogP contribution in [0.2, 0.25) is 0 Å². The SMILES string of the molecule is Cc1ccc2c(c1)CCCCC(=O)N2C. The van der Waals surface area contributed by atoms with Crippen LogP contribution in [0.5, 0.6) is 0 Å². The van der Waals surface area contributed by atoms with E-state index >= 15 is 0 Å². The second-order valence-electron chi connectivity index (χ2n) is 4.29. The van der Waals surface area contributed by atoms with Gasteiger partial charge in [-0.05, 0) is 37.8 Å². The second kappa shape index (κ2) is 4.05. The molecular weight excluding hydrogens is 186 g/mol. The Labute approximate surface area is 90.9 Å². The molecule has 0 fully saturated rings. The second-order valence-corrected chi connectivity index (χ2v) is 4.29. The molecule has 2 nitrogen and oxygen atoms in total. The van der Waals surface area contributed by atoms with E-state index < -0.39 is 0 Å². The van der Waals surface area contributed by atoms with E-state index in [0.717, 1.165) is 24.9 Å². The van der Waals surface area contributed by atoms with Crippen LogP contribution in [0.15, 0.2) is 18.2 Å². The lowest BCUT2D eigenvalue weighted by Crippen LogP contribution is -2.28. The summed E-state index contributed by atoms with van der Waals surface area (Å²) in [4.78, 5) is 13.5. The maximum atomic E-state index is 11.7. The normalized spacial score (nSPS) is 16.9. The number of amides is 1. The fraction of sp³-hybridized carbons (Fsp3) is 0.462. The van der Waals surface area contributed by atoms with Gasteiger partial charge in [0.05, 0.1) is 0 Å². The third-order valence-corrected chi connectivity index (χ3v) is 3.06. The van der Waals surface area contributed by atoms with Crippen LogP contribution in [-0.2, 0) is 11.2 Å². The number of carbonyl (C=O) groups is 1. The predicted molar refractivity (Wildman–Crippen MR) is 62.1 cm³/mol. The Morgan fingerprint density at radius 3 is 2.73 bits per heavy atom. The van der Waals surface area contributed by atoms with Crippen LogP contribution < -0.4 is 4.90 Å². The summed E-state index contributed by atoms with van der Waals surface area (Å²) >= 11 is 0. The molecule has 0 saturated heterocycles. The van der Waals surface area contributed by atoms with Crippen LogP contribution in [0, 0.1) is 6.92 Å². The first-order valence-electron chi connectivity index (χ1n) is 5.54. The molecule has 0 radical (unpaired) electrons. The van der Waals surface area contributed by atoms with Gasteiger partial charge >= 0.3 is 0 Å². The Bertz CT molecular complexity index is 384. The molecule has 2 heteroatoms. The van der Waals surface area contributed by atoms with E-state index in [1.165, 1.54) is 11.1 Å². The van der Waals surface area contributed by atoms with Crippen molar-refractivity contribution in [2.75, 3.05) is 11.9 Å². The van der Waals surface area contributed by atoms with E-state index in [0.29, 0.717) is 6.42 Å². The number of fused-ring (bicyclic) bond motifs is 1. The summed E-state index contributed by atoms with van der Waals surface area (Å²) in [5.41, 5.74) is 3.67. The molecule has 1 aliphatic heterocycles. The number of carbonyl (C=O) groups excluding carboxylic acids is 1. The standard InChI is InChI=1S/C13H17NO/c1-10-7-8-12-11(9-10)5-3-4-6-13(15)14(12)2/h7-9H,3-6H2,1-2H3. The predicted octanol–water partition coefficient (Wildman–Crippen LogP) is 2.68. The van der Waals surface area contributed by atoms with Crippen molar-refractivity contribution in [1.29, 1.82) is 0 Å². The lowest BCUT2D eigenvalue weighted by atomic mass is 9.99. The first-order chi connectivity index (χ1) is 7.18. The zero-order chi connectivity index (χ0) is 10.8. The average molecular weight is 203 g/mol. The van der Waals surface area contributed by atoms with Crippen LogP contribution in [0.1, 0.15) is 30.4 Å². The molecule has 2 rings (SSSR count). The van der Waals surface area contributed by atoms with Crippen LogP contribution in [0.4, 0.5) is 5.69 Å². The van der Waals surface area contributed by atoms with E-state index in [4.69, 9.17) is 0 Å². The minimum atomic E-state index is 0.236. The first kappa shape index (κ1) is 10.2. The lowest BCUT2D eigenvalue weighted by Gasteiger charge is -2.23. The Balaban J connectivity index is 2.43. The molecule has 0 bridgehead atoms. The van der Waals surface area contributed by atoms with Gasteiger partial charge in [0.15, 0.2) is 0 Å². The van der Waals surface area contributed by atoms with E-state index in [1.807, 2.05) is 7.05 Å². The highest BCUT2D eigenvalue weighted by molar-refractivity contribution is 5.93. The summed E-state index contributed by atoms with van der Waals surface area (Å²) in [7, 11) is 1.88. The van der Waals surface area contributed by atoms with Crippen molar-refractivity contribution in [2.24, 2.45) is 0 Å². The summed E-state index contributed by atoms with van der Waals surface area (Å²) in [6.45, 7) is 2.10. The molecule has 0 aliphatic carbocycles. The Hall–Kier alpha value is -1.31. The number of nitrogens with zero attached hydrogens (tertiary/aromatic N) is 1. The van der Waals surface area contributed by atoms with Gasteiger partial charge in [0.1, 0.15) is 0 Å². The highest BCUT2D eigenvalue weighted by Crippen LogP contribution is 2.26. The molecule has 0 unspecified atom stereocenters. The Morgan fingerprint density at radius 1 is 1.20 bits per heavy atom. The van der Waals surface area contributed by atoms with Gasteiger partial charge in [0, 0.05) is 19.2 Å². The minimum Gasteiger partial charge on any atom is -0.315 e. The van der Waals surface area contributed by atoms with Gasteiger partial charge < -0.3 is 4.90 Å². The maximum absolute atomic E-state index is 11.7. The van der Waals surface area contributed by atoms with Gasteiger partial charge in [-0.15, -0.1) is 0 Å². The van der Waals surface area contributed by atoms with Gasteiger partial charge in [0.25, 0.3) is 0 Å². The molecule has 1 amide bonds. The zero-order valence-corrected chi connectivity index (χ0v) is 9.42. The molecule has 1 heterocycles. The summed E-state index contributed by atoms with van der Waals surface area (Å²) in [5.74, 6) is 0.236. The monoisotopic (exact) mass is 203 g/mol. The number of rotatable bonds is 0. The maximum Gasteiger partial charge on any atom is 0.226 e. The lowest BCUT2D eigenvalue weighted by molar-refractivity contribution is -0.118. The van der Waals surface area contributed by atoms with Crippen LogP contribution in [-0.4, -0.2) is 13.0 Å². The fourth-order valence-corrected chi connectivity index (χ4v) is 2.14. The third kappa shape index (κ3) is 2.04. The third-order valence-electron chi connectivity index (χ3n) is 3.06. The van der Waals surface area contributed by atoms with Crippen molar-refractivity contribution in [3.05, 3.63) is 29.3 Å². The summed E-state index contributed by atoms with van der Waals surface area (Å²) in [6, 6.07) is 6.34. The van der Waals surface area contributed by atoms with E-state index in [9.17, 15) is 4.79 Å². The zero-order valence-electron chi connectivity index (χ0n) is 9.42. The smallest absolute Gasteiger partial charge is 0.226 e. The van der Waals surface area contributed by atoms with E-state index in [-0.39, 0.29) is 5.91 Å². The quantitative estimate of drug-likeness (QED) is 0.635. The number of benzene rings is 1. The molecule has 1 aromatic carbocycles. The van der Waals surface area contributed by atoms with E-state index in [2.05, 4.69) is 25.1 Å². The molecule has 80 valence electrons. The van der Waals surface area contributed by atoms with Gasteiger partial charge in [-0.25, -0.2) is 0 Å². The molecule has 0 atom stereocenters. The molecule has 0 N–H and O–H groups in total. The highest BCUT2D eigenvalue weighted by atomic mass is 16.2. The average Bonchev–Trinajstić information content (AvgIpc) is 2.22. The van der Waals surface area contributed by atoms with Gasteiger partial charge in [-0.3, -0.25) is 4.79 Å². The number of anilines is 1. The van der Waals surface area contributed by atoms with Crippen molar-refractivity contribution in [2.45, 2.75) is 32.6 Å². The Morgan fingerprint density at radius 2 is 1.93 bits per heavy atom. The molecular formula is C13H17NO. The molecule has 0 aromatic heterocycles. The molecule has 1 aliphatic rings. The number of hydrogen-bond donors (Lipinski definition) is 0. The van der Waals surface area contributed by atoms with Crippen LogP contribution in [0.3, 0.4) is 0 Å². The number of hydrogen-bond acceptors (Lipinski definition) is 1. The fourth-order valence-electron chi connectivity index (χ4n) is 2.14. The van der Waals surface area contributed by atoms with Crippen LogP contribution >= 0.6 is 0 Å². The first-order valence-corrected chi connectivity index (χ1v) is 5.54. The Kier molecular flexibility index (Phi) is 2.76. The van der Waals surface area contributed by atoms with Crippen molar-refractivity contribution < 1.29 is 4.79 Å². The van der Waals surface area contributed by atoms with Gasteiger partial charge in [-0.1, -0.05) is 17.7 Å². The van der Waals surface area contributed by atoms with Crippen molar-refractivity contribution in [3.8, 4) is 0 Å². The van der Waals surface area contributed by atoms with E-state index in [1.54, 1.807) is 4.90 Å². The summed E-state index contributed by atoms with van der Waals surface area (Å²) in [5, 5.41) is 0. The molecule has 1 aromatic rings. The van der Waals surface area contributed by atoms with Crippen molar-refractivity contribution in [1.82, 2.24) is 0 Å².